The van der Waals surface area contributed by atoms with Crippen molar-refractivity contribution in [2.75, 3.05) is 7.05 Å². The number of benzene rings is 1. The molecule has 134 valence electrons. The van der Waals surface area contributed by atoms with Gasteiger partial charge < -0.3 is 10.0 Å². The lowest BCUT2D eigenvalue weighted by atomic mass is 9.80. The number of carbonyl (C=O) groups excluding carboxylic acids is 1. The highest BCUT2D eigenvalue weighted by Crippen LogP contribution is 2.33. The summed E-state index contributed by atoms with van der Waals surface area (Å²) in [7, 11) is 3.20. The van der Waals surface area contributed by atoms with Gasteiger partial charge in [0.2, 0.25) is 5.91 Å². The minimum Gasteiger partial charge on any atom is -0.479 e. The fourth-order valence-electron chi connectivity index (χ4n) is 3.83. The quantitative estimate of drug-likeness (QED) is 0.912. The van der Waals surface area contributed by atoms with E-state index in [1.54, 1.807) is 13.1 Å². The third kappa shape index (κ3) is 2.73. The zero-order valence-electron chi connectivity index (χ0n) is 14.6. The number of aromatic nitrogens is 2. The highest BCUT2D eigenvalue weighted by atomic mass is 16.4. The van der Waals surface area contributed by atoms with Crippen molar-refractivity contribution in [2.45, 2.75) is 44.2 Å². The Kier molecular flexibility index (Phi) is 4.41. The molecule has 0 spiro atoms. The second-order valence-corrected chi connectivity index (χ2v) is 6.77. The molecule has 3 rings (SSSR count). The molecule has 1 amide bonds. The summed E-state index contributed by atoms with van der Waals surface area (Å²) in [6, 6.07) is 7.26. The van der Waals surface area contributed by atoms with Gasteiger partial charge in [-0.3, -0.25) is 13.9 Å². The van der Waals surface area contributed by atoms with Gasteiger partial charge in [-0.25, -0.2) is 9.59 Å². The van der Waals surface area contributed by atoms with Crippen molar-refractivity contribution in [1.29, 1.82) is 0 Å². The molecule has 0 bridgehead atoms. The number of imidazole rings is 1. The SMILES string of the molecule is CN(C(=O)Cn1c(=O)n(C)c2ccccc21)C1(C(=O)O)CCCCC1. The Bertz CT molecular complexity index is 874. The Morgan fingerprint density at radius 2 is 1.76 bits per heavy atom. The first kappa shape index (κ1) is 17.3. The van der Waals surface area contributed by atoms with Crippen LogP contribution in [-0.4, -0.2) is 43.6 Å². The van der Waals surface area contributed by atoms with Crippen LogP contribution in [0.25, 0.3) is 11.0 Å². The highest BCUT2D eigenvalue weighted by Gasteiger charge is 2.45. The van der Waals surface area contributed by atoms with Gasteiger partial charge in [-0.1, -0.05) is 31.4 Å². The van der Waals surface area contributed by atoms with E-state index >= 15 is 0 Å². The molecule has 1 heterocycles. The Morgan fingerprint density at radius 1 is 1.16 bits per heavy atom. The summed E-state index contributed by atoms with van der Waals surface area (Å²) >= 11 is 0. The maximum Gasteiger partial charge on any atom is 0.329 e. The molecule has 0 saturated heterocycles. The van der Waals surface area contributed by atoms with Crippen molar-refractivity contribution in [2.24, 2.45) is 7.05 Å². The molecule has 7 heteroatoms. The molecule has 1 aliphatic rings. The number of aryl methyl sites for hydroxylation is 1. The first-order chi connectivity index (χ1) is 11.9. The smallest absolute Gasteiger partial charge is 0.329 e. The summed E-state index contributed by atoms with van der Waals surface area (Å²) in [4.78, 5) is 38.5. The van der Waals surface area contributed by atoms with Crippen molar-refractivity contribution >= 4 is 22.9 Å². The van der Waals surface area contributed by atoms with Gasteiger partial charge in [-0.05, 0) is 25.0 Å². The maximum atomic E-state index is 12.8. The van der Waals surface area contributed by atoms with Crippen LogP contribution in [0.5, 0.6) is 0 Å². The standard InChI is InChI=1S/C18H23N3O4/c1-19-13-8-4-5-9-14(13)21(17(19)25)12-15(22)20(2)18(16(23)24)10-6-3-7-11-18/h4-5,8-9H,3,6-7,10-12H2,1-2H3,(H,23,24). The van der Waals surface area contributed by atoms with Gasteiger partial charge >= 0.3 is 11.7 Å². The van der Waals surface area contributed by atoms with Crippen LogP contribution in [0.15, 0.2) is 29.1 Å². The van der Waals surface area contributed by atoms with Crippen molar-refractivity contribution in [3.63, 3.8) is 0 Å². The molecule has 1 aromatic heterocycles. The first-order valence-corrected chi connectivity index (χ1v) is 8.53. The zero-order valence-corrected chi connectivity index (χ0v) is 14.6. The van der Waals surface area contributed by atoms with Crippen LogP contribution < -0.4 is 5.69 Å². The van der Waals surface area contributed by atoms with Crippen molar-refractivity contribution in [3.8, 4) is 0 Å². The lowest BCUT2D eigenvalue weighted by Crippen LogP contribution is -2.57. The van der Waals surface area contributed by atoms with E-state index in [0.29, 0.717) is 18.4 Å². The average Bonchev–Trinajstić information content (AvgIpc) is 2.86. The molecule has 1 aliphatic carbocycles. The van der Waals surface area contributed by atoms with Crippen molar-refractivity contribution < 1.29 is 14.7 Å². The summed E-state index contributed by atoms with van der Waals surface area (Å²) in [5.74, 6) is -1.32. The monoisotopic (exact) mass is 345 g/mol. The van der Waals surface area contributed by atoms with E-state index in [-0.39, 0.29) is 18.1 Å². The molecule has 1 fully saturated rings. The predicted molar refractivity (Wildman–Crippen MR) is 93.4 cm³/mol. The lowest BCUT2D eigenvalue weighted by Gasteiger charge is -2.41. The first-order valence-electron chi connectivity index (χ1n) is 8.53. The van der Waals surface area contributed by atoms with Crippen LogP contribution in [0.1, 0.15) is 32.1 Å². The molecule has 0 atom stereocenters. The summed E-state index contributed by atoms with van der Waals surface area (Å²) in [6.07, 6.45) is 3.47. The molecule has 1 saturated carbocycles. The van der Waals surface area contributed by atoms with Crippen molar-refractivity contribution in [3.05, 3.63) is 34.7 Å². The van der Waals surface area contributed by atoms with E-state index in [9.17, 15) is 19.5 Å². The maximum absolute atomic E-state index is 12.8. The molecular weight excluding hydrogens is 322 g/mol. The second-order valence-electron chi connectivity index (χ2n) is 6.77. The molecule has 1 aromatic carbocycles. The van der Waals surface area contributed by atoms with Crippen LogP contribution in [0.4, 0.5) is 0 Å². The third-order valence-corrected chi connectivity index (χ3v) is 5.44. The topological polar surface area (TPSA) is 84.5 Å². The van der Waals surface area contributed by atoms with Crippen LogP contribution >= 0.6 is 0 Å². The number of hydrogen-bond acceptors (Lipinski definition) is 3. The number of rotatable bonds is 4. The van der Waals surface area contributed by atoms with E-state index in [1.807, 2.05) is 18.2 Å². The summed E-state index contributed by atoms with van der Waals surface area (Å²) < 4.78 is 2.91. The summed E-state index contributed by atoms with van der Waals surface area (Å²) in [5.41, 5.74) is -0.0296. The number of para-hydroxylation sites is 2. The van der Waals surface area contributed by atoms with Gasteiger partial charge in [0, 0.05) is 14.1 Å². The number of carbonyl (C=O) groups is 2. The predicted octanol–water partition coefficient (Wildman–Crippen LogP) is 1.59. The third-order valence-electron chi connectivity index (χ3n) is 5.44. The van der Waals surface area contributed by atoms with Gasteiger partial charge in [0.05, 0.1) is 11.0 Å². The van der Waals surface area contributed by atoms with E-state index in [1.165, 1.54) is 21.1 Å². The Hall–Kier alpha value is -2.57. The number of aliphatic carboxylic acids is 1. The molecule has 25 heavy (non-hydrogen) atoms. The van der Waals surface area contributed by atoms with Gasteiger partial charge in [0.1, 0.15) is 12.1 Å². The number of likely N-dealkylation sites (N-methyl/N-ethyl adjacent to an activating group) is 1. The number of hydrogen-bond donors (Lipinski definition) is 1. The normalized spacial score (nSPS) is 16.7. The molecule has 2 aromatic rings. The number of nitrogens with zero attached hydrogens (tertiary/aromatic N) is 3. The Morgan fingerprint density at radius 3 is 2.36 bits per heavy atom. The molecule has 0 radical (unpaired) electrons. The van der Waals surface area contributed by atoms with Gasteiger partial charge in [0.15, 0.2) is 0 Å². The van der Waals surface area contributed by atoms with Gasteiger partial charge in [-0.15, -0.1) is 0 Å². The Labute approximate surface area is 145 Å². The molecule has 0 unspecified atom stereocenters. The molecule has 7 nitrogen and oxygen atoms in total. The largest absolute Gasteiger partial charge is 0.479 e. The molecule has 0 aliphatic heterocycles. The zero-order chi connectivity index (χ0) is 18.2. The Balaban J connectivity index is 1.93. The van der Waals surface area contributed by atoms with Crippen molar-refractivity contribution in [1.82, 2.24) is 14.0 Å². The van der Waals surface area contributed by atoms with E-state index in [0.717, 1.165) is 24.8 Å². The van der Waals surface area contributed by atoms with E-state index in [4.69, 9.17) is 0 Å². The van der Waals surface area contributed by atoms with Crippen LogP contribution in [-0.2, 0) is 23.2 Å². The fraction of sp³-hybridized carbons (Fsp3) is 0.500. The van der Waals surface area contributed by atoms with Crippen LogP contribution in [0, 0.1) is 0 Å². The average molecular weight is 345 g/mol. The number of amides is 1. The lowest BCUT2D eigenvalue weighted by molar-refractivity contribution is -0.160. The fourth-order valence-corrected chi connectivity index (χ4v) is 3.83. The van der Waals surface area contributed by atoms with Gasteiger partial charge in [-0.2, -0.15) is 0 Å². The minimum absolute atomic E-state index is 0.161. The second kappa shape index (κ2) is 6.38. The summed E-state index contributed by atoms with van der Waals surface area (Å²) in [5, 5.41) is 9.74. The minimum atomic E-state index is -1.16. The van der Waals surface area contributed by atoms with Crippen LogP contribution in [0.3, 0.4) is 0 Å². The van der Waals surface area contributed by atoms with Crippen LogP contribution in [0.2, 0.25) is 0 Å². The number of fused-ring (bicyclic) bond motifs is 1. The highest BCUT2D eigenvalue weighted by molar-refractivity contribution is 5.88. The number of carboxylic acid groups (broad SMARTS) is 1. The van der Waals surface area contributed by atoms with E-state index in [2.05, 4.69) is 0 Å². The molecular formula is C18H23N3O4. The molecule has 1 N–H and O–H groups in total. The van der Waals surface area contributed by atoms with E-state index < -0.39 is 11.5 Å². The van der Waals surface area contributed by atoms with Gasteiger partial charge in [0.25, 0.3) is 0 Å². The number of carboxylic acids is 1. The summed E-state index contributed by atoms with van der Waals surface area (Å²) in [6.45, 7) is -0.161.